The van der Waals surface area contributed by atoms with Crippen LogP contribution in [0.2, 0.25) is 0 Å². The standard InChI is InChI=1S/C13H11FN2O.C8H8FNO2.C5H4BrN/c1-8-6-11(15)9(7-10(8)14)13(17)12-4-2-3-5-16-12;1-4-2-7(10)5(8(11)12)3-6(4)9;6-5-3-1-2-4-7-5/h2-7H,15H2,1H3;2-3H,10H2,1H3,(H,11,12);1-4H. The lowest BCUT2D eigenvalue weighted by atomic mass is 10.0. The molecule has 0 bridgehead atoms. The average molecular weight is 557 g/mol. The van der Waals surface area contributed by atoms with Crippen LogP contribution in [0.1, 0.15) is 37.5 Å². The number of anilines is 2. The molecular weight excluding hydrogens is 534 g/mol. The van der Waals surface area contributed by atoms with Crippen LogP contribution in [0.5, 0.6) is 0 Å². The molecule has 2 aromatic carbocycles. The van der Waals surface area contributed by atoms with Crippen molar-refractivity contribution in [2.75, 3.05) is 11.5 Å². The third-order valence-corrected chi connectivity index (χ3v) is 5.13. The minimum absolute atomic E-state index is 0.0846. The van der Waals surface area contributed by atoms with E-state index in [2.05, 4.69) is 25.9 Å². The van der Waals surface area contributed by atoms with Crippen molar-refractivity contribution >= 4 is 39.1 Å². The first kappa shape index (κ1) is 28.1. The molecule has 5 N–H and O–H groups in total. The van der Waals surface area contributed by atoms with E-state index in [4.69, 9.17) is 16.6 Å². The molecule has 0 saturated heterocycles. The van der Waals surface area contributed by atoms with Crippen LogP contribution in [0.4, 0.5) is 20.2 Å². The van der Waals surface area contributed by atoms with Gasteiger partial charge in [0.25, 0.3) is 0 Å². The summed E-state index contributed by atoms with van der Waals surface area (Å²) < 4.78 is 27.1. The SMILES string of the molecule is Brc1ccccn1.Cc1cc(N)c(C(=O)O)cc1F.Cc1cc(N)c(C(=O)c2ccccn2)cc1F. The Morgan fingerprint density at radius 1 is 0.806 bits per heavy atom. The molecule has 0 radical (unpaired) electrons. The van der Waals surface area contributed by atoms with Crippen molar-refractivity contribution in [3.63, 3.8) is 0 Å². The lowest BCUT2D eigenvalue weighted by molar-refractivity contribution is 0.0697. The predicted molar refractivity (Wildman–Crippen MR) is 138 cm³/mol. The van der Waals surface area contributed by atoms with E-state index in [0.29, 0.717) is 11.1 Å². The van der Waals surface area contributed by atoms with Crippen LogP contribution >= 0.6 is 15.9 Å². The molecule has 0 atom stereocenters. The molecule has 0 saturated carbocycles. The van der Waals surface area contributed by atoms with Gasteiger partial charge in [0.15, 0.2) is 0 Å². The van der Waals surface area contributed by atoms with Crippen molar-refractivity contribution in [2.24, 2.45) is 0 Å². The van der Waals surface area contributed by atoms with Crippen LogP contribution < -0.4 is 11.5 Å². The van der Waals surface area contributed by atoms with E-state index >= 15 is 0 Å². The van der Waals surface area contributed by atoms with Gasteiger partial charge in [0.2, 0.25) is 5.78 Å². The summed E-state index contributed by atoms with van der Waals surface area (Å²) in [4.78, 5) is 30.3. The van der Waals surface area contributed by atoms with Crippen molar-refractivity contribution in [3.8, 4) is 0 Å². The Balaban J connectivity index is 0.000000208. The zero-order chi connectivity index (χ0) is 26.8. The number of nitrogens with zero attached hydrogens (tertiary/aromatic N) is 2. The van der Waals surface area contributed by atoms with Gasteiger partial charge in [0, 0.05) is 23.8 Å². The van der Waals surface area contributed by atoms with Crippen molar-refractivity contribution in [1.29, 1.82) is 0 Å². The molecule has 2 heterocycles. The summed E-state index contributed by atoms with van der Waals surface area (Å²) in [5.74, 6) is -2.59. The highest BCUT2D eigenvalue weighted by Gasteiger charge is 2.15. The van der Waals surface area contributed by atoms with Gasteiger partial charge in [-0.3, -0.25) is 9.78 Å². The highest BCUT2D eigenvalue weighted by Crippen LogP contribution is 2.20. The number of rotatable bonds is 3. The minimum atomic E-state index is -1.22. The number of benzene rings is 2. The van der Waals surface area contributed by atoms with E-state index in [1.807, 2.05) is 18.2 Å². The number of carboxylic acid groups (broad SMARTS) is 1. The summed E-state index contributed by atoms with van der Waals surface area (Å²) in [6.45, 7) is 3.12. The number of aromatic carboxylic acids is 1. The Hall–Kier alpha value is -4.18. The Labute approximate surface area is 215 Å². The molecule has 0 aliphatic carbocycles. The van der Waals surface area contributed by atoms with Crippen LogP contribution in [0.15, 0.2) is 77.7 Å². The largest absolute Gasteiger partial charge is 0.478 e. The Bertz CT molecular complexity index is 1350. The third-order valence-electron chi connectivity index (χ3n) is 4.66. The first-order valence-corrected chi connectivity index (χ1v) is 11.2. The second-order valence-corrected chi connectivity index (χ2v) is 8.19. The van der Waals surface area contributed by atoms with E-state index in [0.717, 1.165) is 16.7 Å². The van der Waals surface area contributed by atoms with Crippen molar-refractivity contribution in [2.45, 2.75) is 13.8 Å². The number of nitrogen functional groups attached to an aromatic ring is 2. The normalized spacial score (nSPS) is 9.81. The second kappa shape index (κ2) is 13.1. The maximum atomic E-state index is 13.4. The fraction of sp³-hybridized carbons (Fsp3) is 0.0769. The number of hydrogen-bond acceptors (Lipinski definition) is 6. The smallest absolute Gasteiger partial charge is 0.337 e. The fourth-order valence-electron chi connectivity index (χ4n) is 2.77. The number of pyridine rings is 2. The molecule has 7 nitrogen and oxygen atoms in total. The van der Waals surface area contributed by atoms with Crippen molar-refractivity contribution < 1.29 is 23.5 Å². The zero-order valence-corrected chi connectivity index (χ0v) is 21.0. The summed E-state index contributed by atoms with van der Waals surface area (Å²) >= 11 is 3.20. The Morgan fingerprint density at radius 3 is 1.72 bits per heavy atom. The van der Waals surface area contributed by atoms with Gasteiger partial charge in [-0.05, 0) is 89.4 Å². The average Bonchev–Trinajstić information content (AvgIpc) is 2.85. The number of hydrogen-bond donors (Lipinski definition) is 3. The predicted octanol–water partition coefficient (Wildman–Crippen LogP) is 5.60. The number of ketones is 1. The molecule has 4 rings (SSSR count). The highest BCUT2D eigenvalue weighted by atomic mass is 79.9. The zero-order valence-electron chi connectivity index (χ0n) is 19.4. The molecular formula is C26H23BrF2N4O3. The van der Waals surface area contributed by atoms with E-state index < -0.39 is 17.6 Å². The summed E-state index contributed by atoms with van der Waals surface area (Å²) in [7, 11) is 0. The van der Waals surface area contributed by atoms with Gasteiger partial charge in [0.1, 0.15) is 21.9 Å². The van der Waals surface area contributed by atoms with Crippen LogP contribution in [0.25, 0.3) is 0 Å². The topological polar surface area (TPSA) is 132 Å². The van der Waals surface area contributed by atoms with Crippen molar-refractivity contribution in [1.82, 2.24) is 9.97 Å². The summed E-state index contributed by atoms with van der Waals surface area (Å²) in [6, 6.07) is 15.5. The number of carbonyl (C=O) groups excluding carboxylic acids is 1. The second-order valence-electron chi connectivity index (χ2n) is 7.38. The van der Waals surface area contributed by atoms with Gasteiger partial charge < -0.3 is 16.6 Å². The molecule has 0 fully saturated rings. The Morgan fingerprint density at radius 2 is 1.31 bits per heavy atom. The number of nitrogens with two attached hydrogens (primary N) is 2. The maximum Gasteiger partial charge on any atom is 0.337 e. The van der Waals surface area contributed by atoms with E-state index in [1.165, 1.54) is 25.3 Å². The minimum Gasteiger partial charge on any atom is -0.478 e. The number of carbonyl (C=O) groups is 2. The number of carboxylic acids is 1. The van der Waals surface area contributed by atoms with Crippen molar-refractivity contribution in [3.05, 3.63) is 117 Å². The first-order chi connectivity index (χ1) is 17.0. The number of aryl methyl sites for hydroxylation is 2. The highest BCUT2D eigenvalue weighted by molar-refractivity contribution is 9.10. The van der Waals surface area contributed by atoms with Gasteiger partial charge in [-0.1, -0.05) is 12.1 Å². The molecule has 0 amide bonds. The third kappa shape index (κ3) is 7.95. The molecule has 0 spiro atoms. The molecule has 10 heteroatoms. The van der Waals surface area contributed by atoms with Crippen LogP contribution in [0.3, 0.4) is 0 Å². The van der Waals surface area contributed by atoms with Gasteiger partial charge in [0.05, 0.1) is 11.1 Å². The van der Waals surface area contributed by atoms with Gasteiger partial charge in [-0.2, -0.15) is 0 Å². The fourth-order valence-corrected chi connectivity index (χ4v) is 3.04. The summed E-state index contributed by atoms with van der Waals surface area (Å²) in [5.41, 5.74) is 12.4. The van der Waals surface area contributed by atoms with E-state index in [9.17, 15) is 18.4 Å². The number of aromatic nitrogens is 2. The maximum absolute atomic E-state index is 13.4. The quantitative estimate of drug-likeness (QED) is 0.170. The van der Waals surface area contributed by atoms with E-state index in [-0.39, 0.29) is 34.0 Å². The first-order valence-electron chi connectivity index (χ1n) is 10.4. The molecule has 4 aromatic rings. The van der Waals surface area contributed by atoms with Gasteiger partial charge >= 0.3 is 5.97 Å². The van der Waals surface area contributed by atoms with Crippen LogP contribution in [0, 0.1) is 25.5 Å². The Kier molecular flexibility index (Phi) is 10.2. The molecule has 36 heavy (non-hydrogen) atoms. The molecule has 0 aliphatic rings. The molecule has 186 valence electrons. The molecule has 0 unspecified atom stereocenters. The van der Waals surface area contributed by atoms with Crippen LogP contribution in [-0.4, -0.2) is 26.8 Å². The van der Waals surface area contributed by atoms with Gasteiger partial charge in [-0.25, -0.2) is 18.6 Å². The molecule has 2 aromatic heterocycles. The van der Waals surface area contributed by atoms with Crippen LogP contribution in [-0.2, 0) is 0 Å². The monoisotopic (exact) mass is 556 g/mol. The number of halogens is 3. The van der Waals surface area contributed by atoms with E-state index in [1.54, 1.807) is 31.3 Å². The van der Waals surface area contributed by atoms with Gasteiger partial charge in [-0.15, -0.1) is 0 Å². The summed E-state index contributed by atoms with van der Waals surface area (Å²) in [6.07, 6.45) is 3.25. The lowest BCUT2D eigenvalue weighted by Gasteiger charge is -2.06. The molecule has 0 aliphatic heterocycles. The lowest BCUT2D eigenvalue weighted by Crippen LogP contribution is -2.08. The summed E-state index contributed by atoms with van der Waals surface area (Å²) in [5, 5.41) is 8.53.